The predicted octanol–water partition coefficient (Wildman–Crippen LogP) is 3.80. The number of rotatable bonds is 4. The molecular formula is C14H17F3O2. The zero-order chi connectivity index (χ0) is 14.8. The topological polar surface area (TPSA) is 26.3 Å². The van der Waals surface area contributed by atoms with Crippen molar-refractivity contribution in [3.8, 4) is 5.75 Å². The third-order valence-electron chi connectivity index (χ3n) is 2.40. The number of carbonyl (C=O) groups is 1. The van der Waals surface area contributed by atoms with Gasteiger partial charge in [-0.15, -0.1) is 0 Å². The minimum atomic E-state index is -1.41. The summed E-state index contributed by atoms with van der Waals surface area (Å²) in [6.07, 6.45) is 0.213. The fraction of sp³-hybridized carbons (Fsp3) is 0.500. The van der Waals surface area contributed by atoms with Gasteiger partial charge >= 0.3 is 0 Å². The Bertz CT molecular complexity index is 464. The molecular weight excluding hydrogens is 257 g/mol. The van der Waals surface area contributed by atoms with Crippen molar-refractivity contribution < 1.29 is 22.7 Å². The summed E-state index contributed by atoms with van der Waals surface area (Å²) in [6.45, 7) is 6.39. The second-order valence-electron chi connectivity index (χ2n) is 5.70. The molecule has 0 aromatic heterocycles. The Morgan fingerprint density at radius 2 is 1.79 bits per heavy atom. The van der Waals surface area contributed by atoms with Crippen LogP contribution in [0.1, 0.15) is 32.8 Å². The average Bonchev–Trinajstić information content (AvgIpc) is 2.24. The van der Waals surface area contributed by atoms with Crippen LogP contribution >= 0.6 is 0 Å². The molecule has 1 aromatic carbocycles. The molecule has 106 valence electrons. The Kier molecular flexibility index (Phi) is 4.61. The molecule has 1 rings (SSSR count). The normalized spacial score (nSPS) is 11.5. The Morgan fingerprint density at radius 3 is 2.32 bits per heavy atom. The van der Waals surface area contributed by atoms with Crippen LogP contribution in [0.25, 0.3) is 0 Å². The monoisotopic (exact) mass is 274 g/mol. The molecule has 2 nitrogen and oxygen atoms in total. The Labute approximate surface area is 110 Å². The highest BCUT2D eigenvalue weighted by Crippen LogP contribution is 2.27. The van der Waals surface area contributed by atoms with E-state index in [0.29, 0.717) is 0 Å². The smallest absolute Gasteiger partial charge is 0.203 e. The molecule has 0 fully saturated rings. The lowest BCUT2D eigenvalue weighted by atomic mass is 9.90. The van der Waals surface area contributed by atoms with E-state index in [1.54, 1.807) is 0 Å². The number of benzene rings is 1. The van der Waals surface area contributed by atoms with Crippen LogP contribution in [0.2, 0.25) is 0 Å². The number of halogens is 3. The molecule has 0 spiro atoms. The van der Waals surface area contributed by atoms with Gasteiger partial charge in [-0.05, 0) is 24.0 Å². The SMILES string of the molecule is Cc1cc(F)c(F)c(OCC(=O)CC(C)(C)C)c1F. The lowest BCUT2D eigenvalue weighted by Gasteiger charge is -2.17. The number of Topliss-reactive ketones (excluding diaryl/α,β-unsaturated/α-hetero) is 1. The second-order valence-corrected chi connectivity index (χ2v) is 5.70. The molecule has 0 aliphatic carbocycles. The highest BCUT2D eigenvalue weighted by molar-refractivity contribution is 5.80. The van der Waals surface area contributed by atoms with Gasteiger partial charge in [-0.1, -0.05) is 20.8 Å². The van der Waals surface area contributed by atoms with E-state index in [1.807, 2.05) is 20.8 Å². The fourth-order valence-electron chi connectivity index (χ4n) is 1.62. The quantitative estimate of drug-likeness (QED) is 0.781. The standard InChI is InChI=1S/C14H17F3O2/c1-8-5-10(15)12(17)13(11(8)16)19-7-9(18)6-14(2,3)4/h5H,6-7H2,1-4H3. The van der Waals surface area contributed by atoms with Crippen LogP contribution in [-0.4, -0.2) is 12.4 Å². The van der Waals surface area contributed by atoms with Gasteiger partial charge < -0.3 is 4.74 Å². The fourth-order valence-corrected chi connectivity index (χ4v) is 1.62. The van der Waals surface area contributed by atoms with E-state index in [0.717, 1.165) is 6.07 Å². The molecule has 5 heteroatoms. The minimum absolute atomic E-state index is 0.0721. The van der Waals surface area contributed by atoms with Crippen LogP contribution in [0.15, 0.2) is 6.07 Å². The predicted molar refractivity (Wildman–Crippen MR) is 65.6 cm³/mol. The number of ether oxygens (including phenoxy) is 1. The van der Waals surface area contributed by atoms with Gasteiger partial charge in [0.2, 0.25) is 5.82 Å². The van der Waals surface area contributed by atoms with E-state index in [9.17, 15) is 18.0 Å². The van der Waals surface area contributed by atoms with E-state index >= 15 is 0 Å². The summed E-state index contributed by atoms with van der Waals surface area (Å²) < 4.78 is 44.9. The Balaban J connectivity index is 2.81. The van der Waals surface area contributed by atoms with E-state index in [2.05, 4.69) is 0 Å². The number of hydrogen-bond donors (Lipinski definition) is 0. The zero-order valence-electron chi connectivity index (χ0n) is 11.4. The van der Waals surface area contributed by atoms with Crippen LogP contribution in [0, 0.1) is 29.8 Å². The maximum atomic E-state index is 13.6. The molecule has 0 heterocycles. The largest absolute Gasteiger partial charge is 0.480 e. The van der Waals surface area contributed by atoms with E-state index in [1.165, 1.54) is 6.92 Å². The number of carbonyl (C=O) groups excluding carboxylic acids is 1. The van der Waals surface area contributed by atoms with Crippen LogP contribution in [-0.2, 0) is 4.79 Å². The summed E-state index contributed by atoms with van der Waals surface area (Å²) in [5.74, 6) is -4.72. The van der Waals surface area contributed by atoms with Gasteiger partial charge in [-0.3, -0.25) is 4.79 Å². The van der Waals surface area contributed by atoms with Gasteiger partial charge in [0, 0.05) is 6.42 Å². The first kappa shape index (κ1) is 15.5. The summed E-state index contributed by atoms with van der Waals surface area (Å²) >= 11 is 0. The maximum Gasteiger partial charge on any atom is 0.203 e. The van der Waals surface area contributed by atoms with E-state index < -0.39 is 29.8 Å². The van der Waals surface area contributed by atoms with Crippen LogP contribution in [0.4, 0.5) is 13.2 Å². The lowest BCUT2D eigenvalue weighted by molar-refractivity contribution is -0.122. The zero-order valence-corrected chi connectivity index (χ0v) is 11.4. The highest BCUT2D eigenvalue weighted by atomic mass is 19.2. The minimum Gasteiger partial charge on any atom is -0.480 e. The van der Waals surface area contributed by atoms with Gasteiger partial charge in [0.1, 0.15) is 6.61 Å². The molecule has 0 atom stereocenters. The molecule has 0 saturated heterocycles. The summed E-state index contributed by atoms with van der Waals surface area (Å²) in [4.78, 5) is 11.6. The van der Waals surface area contributed by atoms with Crippen molar-refractivity contribution in [2.24, 2.45) is 5.41 Å². The summed E-state index contributed by atoms with van der Waals surface area (Å²) in [6, 6.07) is 0.745. The first-order valence-corrected chi connectivity index (χ1v) is 5.90. The summed E-state index contributed by atoms with van der Waals surface area (Å²) in [7, 11) is 0. The Hall–Kier alpha value is -1.52. The van der Waals surface area contributed by atoms with Gasteiger partial charge in [0.05, 0.1) is 0 Å². The lowest BCUT2D eigenvalue weighted by Crippen LogP contribution is -2.19. The van der Waals surface area contributed by atoms with Crippen molar-refractivity contribution in [3.63, 3.8) is 0 Å². The highest BCUT2D eigenvalue weighted by Gasteiger charge is 2.21. The molecule has 0 N–H and O–H groups in total. The van der Waals surface area contributed by atoms with Crippen LogP contribution < -0.4 is 4.74 Å². The molecule has 0 saturated carbocycles. The van der Waals surface area contributed by atoms with Crippen LogP contribution in [0.3, 0.4) is 0 Å². The molecule has 0 amide bonds. The van der Waals surface area contributed by atoms with Crippen molar-refractivity contribution in [1.29, 1.82) is 0 Å². The van der Waals surface area contributed by atoms with Gasteiger partial charge in [0.25, 0.3) is 0 Å². The molecule has 19 heavy (non-hydrogen) atoms. The van der Waals surface area contributed by atoms with Gasteiger partial charge in [0.15, 0.2) is 23.2 Å². The summed E-state index contributed by atoms with van der Waals surface area (Å²) in [5, 5.41) is 0. The van der Waals surface area contributed by atoms with Crippen molar-refractivity contribution in [3.05, 3.63) is 29.1 Å². The van der Waals surface area contributed by atoms with E-state index in [4.69, 9.17) is 4.74 Å². The van der Waals surface area contributed by atoms with Crippen molar-refractivity contribution in [2.75, 3.05) is 6.61 Å². The van der Waals surface area contributed by atoms with Crippen molar-refractivity contribution in [1.82, 2.24) is 0 Å². The first-order chi connectivity index (χ1) is 8.61. The van der Waals surface area contributed by atoms with Crippen LogP contribution in [0.5, 0.6) is 5.75 Å². The Morgan fingerprint density at radius 1 is 1.21 bits per heavy atom. The number of aryl methyl sites for hydroxylation is 1. The third kappa shape index (κ3) is 4.26. The first-order valence-electron chi connectivity index (χ1n) is 5.90. The van der Waals surface area contributed by atoms with Crippen molar-refractivity contribution >= 4 is 5.78 Å². The van der Waals surface area contributed by atoms with Gasteiger partial charge in [-0.25, -0.2) is 8.78 Å². The van der Waals surface area contributed by atoms with Gasteiger partial charge in [-0.2, -0.15) is 4.39 Å². The third-order valence-corrected chi connectivity index (χ3v) is 2.40. The summed E-state index contributed by atoms with van der Waals surface area (Å²) in [5.41, 5.74) is -0.313. The second kappa shape index (κ2) is 5.63. The molecule has 0 aliphatic heterocycles. The molecule has 0 unspecified atom stereocenters. The molecule has 0 bridgehead atoms. The maximum absolute atomic E-state index is 13.6. The number of hydrogen-bond acceptors (Lipinski definition) is 2. The van der Waals surface area contributed by atoms with E-state index in [-0.39, 0.29) is 23.2 Å². The van der Waals surface area contributed by atoms with Crippen molar-refractivity contribution in [2.45, 2.75) is 34.1 Å². The molecule has 0 radical (unpaired) electrons. The average molecular weight is 274 g/mol. The molecule has 0 aliphatic rings. The number of ketones is 1. The molecule has 1 aromatic rings.